The van der Waals surface area contributed by atoms with Crippen LogP contribution in [0.25, 0.3) is 0 Å². The molecule has 1 aromatic rings. The van der Waals surface area contributed by atoms with Gasteiger partial charge < -0.3 is 11.5 Å². The van der Waals surface area contributed by atoms with Crippen molar-refractivity contribution in [3.8, 4) is 0 Å². The zero-order chi connectivity index (χ0) is 13.8. The summed E-state index contributed by atoms with van der Waals surface area (Å²) in [4.78, 5) is 18.0. The van der Waals surface area contributed by atoms with Crippen LogP contribution in [-0.2, 0) is 4.79 Å². The number of nitrogens with zero attached hydrogens (tertiary/aromatic N) is 2. The molecule has 1 aliphatic rings. The average Bonchev–Trinajstić information content (AvgIpc) is 2.89. The molecule has 19 heavy (non-hydrogen) atoms. The van der Waals surface area contributed by atoms with Crippen molar-refractivity contribution in [1.82, 2.24) is 9.88 Å². The van der Waals surface area contributed by atoms with Crippen molar-refractivity contribution in [1.29, 1.82) is 0 Å². The van der Waals surface area contributed by atoms with Crippen LogP contribution < -0.4 is 11.5 Å². The molecule has 0 spiro atoms. The summed E-state index contributed by atoms with van der Waals surface area (Å²) < 4.78 is 0. The van der Waals surface area contributed by atoms with E-state index in [1.54, 1.807) is 6.20 Å². The first-order chi connectivity index (χ1) is 9.13. The van der Waals surface area contributed by atoms with Crippen molar-refractivity contribution in [2.45, 2.75) is 31.8 Å². The molecule has 2 rings (SSSR count). The summed E-state index contributed by atoms with van der Waals surface area (Å²) in [5.41, 5.74) is 12.6. The number of hydrogen-bond acceptors (Lipinski definition) is 4. The molecule has 3 unspecified atom stereocenters. The number of rotatable bonds is 5. The second-order valence-corrected chi connectivity index (χ2v) is 5.15. The fourth-order valence-electron chi connectivity index (χ4n) is 2.72. The third-order valence-corrected chi connectivity index (χ3v) is 3.88. The third-order valence-electron chi connectivity index (χ3n) is 3.88. The predicted molar refractivity (Wildman–Crippen MR) is 74.1 cm³/mol. The summed E-state index contributed by atoms with van der Waals surface area (Å²) >= 11 is 0. The first kappa shape index (κ1) is 14.0. The van der Waals surface area contributed by atoms with Crippen LogP contribution in [0.2, 0.25) is 0 Å². The number of aromatic nitrogens is 1. The van der Waals surface area contributed by atoms with Crippen LogP contribution in [0.4, 0.5) is 0 Å². The van der Waals surface area contributed by atoms with Crippen molar-refractivity contribution in [2.75, 3.05) is 13.1 Å². The fraction of sp³-hybridized carbons (Fsp3) is 0.571. The van der Waals surface area contributed by atoms with Crippen LogP contribution in [0.15, 0.2) is 24.4 Å². The highest BCUT2D eigenvalue weighted by Crippen LogP contribution is 2.29. The first-order valence-electron chi connectivity index (χ1n) is 6.83. The molecule has 1 fully saturated rings. The number of hydrogen-bond donors (Lipinski definition) is 2. The maximum absolute atomic E-state index is 11.3. The molecule has 0 bridgehead atoms. The maximum atomic E-state index is 11.3. The number of carbonyl (C=O) groups is 1. The van der Waals surface area contributed by atoms with E-state index in [1.807, 2.05) is 18.2 Å². The Balaban J connectivity index is 2.18. The van der Waals surface area contributed by atoms with E-state index < -0.39 is 0 Å². The summed E-state index contributed by atoms with van der Waals surface area (Å²) in [7, 11) is 0. The van der Waals surface area contributed by atoms with Crippen molar-refractivity contribution >= 4 is 5.91 Å². The summed E-state index contributed by atoms with van der Waals surface area (Å²) in [6, 6.07) is 5.95. The minimum Gasteiger partial charge on any atom is -0.369 e. The Labute approximate surface area is 114 Å². The molecule has 0 aromatic carbocycles. The molecule has 5 nitrogen and oxygen atoms in total. The predicted octanol–water partition coefficient (Wildman–Crippen LogP) is 0.667. The average molecular weight is 262 g/mol. The molecule has 1 amide bonds. The van der Waals surface area contributed by atoms with Gasteiger partial charge in [0.15, 0.2) is 0 Å². The van der Waals surface area contributed by atoms with Gasteiger partial charge in [-0.2, -0.15) is 0 Å². The maximum Gasteiger partial charge on any atom is 0.221 e. The zero-order valence-electron chi connectivity index (χ0n) is 11.3. The van der Waals surface area contributed by atoms with Gasteiger partial charge in [0.25, 0.3) is 0 Å². The molecule has 4 N–H and O–H groups in total. The van der Waals surface area contributed by atoms with Crippen molar-refractivity contribution in [3.63, 3.8) is 0 Å². The van der Waals surface area contributed by atoms with Crippen molar-refractivity contribution in [2.24, 2.45) is 17.4 Å². The lowest BCUT2D eigenvalue weighted by atomic mass is 10.0. The zero-order valence-corrected chi connectivity index (χ0v) is 11.3. The normalized spacial score (nSPS) is 23.2. The standard InChI is InChI=1S/C14H22N4O/c1-2-11(15)13(12-5-3-4-7-17-12)18-8-6-10(9-18)14(16)19/h3-5,7,10-11,13H,2,6,8-9,15H2,1H3,(H2,16,19). The summed E-state index contributed by atoms with van der Waals surface area (Å²) in [6.45, 7) is 3.61. The Morgan fingerprint density at radius 3 is 2.89 bits per heavy atom. The van der Waals surface area contributed by atoms with E-state index in [4.69, 9.17) is 11.5 Å². The second kappa shape index (κ2) is 6.12. The summed E-state index contributed by atoms with van der Waals surface area (Å²) in [5, 5.41) is 0. The van der Waals surface area contributed by atoms with Crippen LogP contribution in [0.1, 0.15) is 31.5 Å². The van der Waals surface area contributed by atoms with E-state index in [0.29, 0.717) is 6.54 Å². The Bertz CT molecular complexity index is 423. The molecule has 3 atom stereocenters. The number of amides is 1. The smallest absolute Gasteiger partial charge is 0.221 e. The Kier molecular flexibility index (Phi) is 4.50. The number of carbonyl (C=O) groups excluding carboxylic acids is 1. The van der Waals surface area contributed by atoms with E-state index in [2.05, 4.69) is 16.8 Å². The van der Waals surface area contributed by atoms with E-state index >= 15 is 0 Å². The van der Waals surface area contributed by atoms with Gasteiger partial charge in [-0.15, -0.1) is 0 Å². The van der Waals surface area contributed by atoms with Crippen LogP contribution in [0.3, 0.4) is 0 Å². The second-order valence-electron chi connectivity index (χ2n) is 5.15. The van der Waals surface area contributed by atoms with Gasteiger partial charge in [-0.3, -0.25) is 14.7 Å². The highest BCUT2D eigenvalue weighted by molar-refractivity contribution is 5.77. The van der Waals surface area contributed by atoms with Crippen molar-refractivity contribution in [3.05, 3.63) is 30.1 Å². The van der Waals surface area contributed by atoms with Gasteiger partial charge in [0.2, 0.25) is 5.91 Å². The van der Waals surface area contributed by atoms with Crippen LogP contribution in [0, 0.1) is 5.92 Å². The molecule has 0 saturated carbocycles. The quantitative estimate of drug-likeness (QED) is 0.816. The van der Waals surface area contributed by atoms with E-state index in [1.165, 1.54) is 0 Å². The van der Waals surface area contributed by atoms with Gasteiger partial charge in [0, 0.05) is 18.8 Å². The van der Waals surface area contributed by atoms with Gasteiger partial charge in [0.1, 0.15) is 0 Å². The molecule has 5 heteroatoms. The minimum absolute atomic E-state index is 0.0153. The van der Waals surface area contributed by atoms with Crippen LogP contribution >= 0.6 is 0 Å². The number of likely N-dealkylation sites (tertiary alicyclic amines) is 1. The van der Waals surface area contributed by atoms with E-state index in [0.717, 1.165) is 25.1 Å². The molecule has 1 saturated heterocycles. The highest BCUT2D eigenvalue weighted by Gasteiger charge is 2.34. The van der Waals surface area contributed by atoms with Crippen LogP contribution in [-0.4, -0.2) is 34.9 Å². The van der Waals surface area contributed by atoms with Crippen molar-refractivity contribution < 1.29 is 4.79 Å². The topological polar surface area (TPSA) is 85.2 Å². The molecule has 0 radical (unpaired) electrons. The van der Waals surface area contributed by atoms with Gasteiger partial charge in [-0.05, 0) is 31.5 Å². The number of primary amides is 1. The lowest BCUT2D eigenvalue weighted by Gasteiger charge is -2.31. The molecule has 104 valence electrons. The third kappa shape index (κ3) is 3.11. The molecule has 1 aliphatic heterocycles. The minimum atomic E-state index is -0.215. The van der Waals surface area contributed by atoms with Gasteiger partial charge >= 0.3 is 0 Å². The lowest BCUT2D eigenvalue weighted by molar-refractivity contribution is -0.121. The van der Waals surface area contributed by atoms with Gasteiger partial charge in [-0.1, -0.05) is 13.0 Å². The van der Waals surface area contributed by atoms with Crippen LogP contribution in [0.5, 0.6) is 0 Å². The van der Waals surface area contributed by atoms with Gasteiger partial charge in [-0.25, -0.2) is 0 Å². The molecule has 0 aliphatic carbocycles. The molecule has 2 heterocycles. The highest BCUT2D eigenvalue weighted by atomic mass is 16.1. The van der Waals surface area contributed by atoms with E-state index in [-0.39, 0.29) is 23.9 Å². The number of nitrogens with two attached hydrogens (primary N) is 2. The fourth-order valence-corrected chi connectivity index (χ4v) is 2.72. The molecular formula is C14H22N4O. The Morgan fingerprint density at radius 2 is 2.37 bits per heavy atom. The Morgan fingerprint density at radius 1 is 1.58 bits per heavy atom. The summed E-state index contributed by atoms with van der Waals surface area (Å²) in [5.74, 6) is -0.275. The molecular weight excluding hydrogens is 240 g/mol. The monoisotopic (exact) mass is 262 g/mol. The molecule has 1 aromatic heterocycles. The first-order valence-corrected chi connectivity index (χ1v) is 6.83. The van der Waals surface area contributed by atoms with Gasteiger partial charge in [0.05, 0.1) is 17.7 Å². The number of pyridine rings is 1. The SMILES string of the molecule is CCC(N)C(c1ccccn1)N1CCC(C(N)=O)C1. The van der Waals surface area contributed by atoms with E-state index in [9.17, 15) is 4.79 Å². The summed E-state index contributed by atoms with van der Waals surface area (Å²) in [6.07, 6.45) is 3.47. The Hall–Kier alpha value is -1.46. The lowest BCUT2D eigenvalue weighted by Crippen LogP contribution is -2.41. The largest absolute Gasteiger partial charge is 0.369 e.